The van der Waals surface area contributed by atoms with E-state index in [-0.39, 0.29) is 17.5 Å². The van der Waals surface area contributed by atoms with E-state index >= 15 is 0 Å². The summed E-state index contributed by atoms with van der Waals surface area (Å²) >= 11 is 0. The lowest BCUT2D eigenvalue weighted by Crippen LogP contribution is -2.08. The molecule has 20 heavy (non-hydrogen) atoms. The SMILES string of the molecule is O=Cc1ccc([N+](=O)[O-])c(OCCCC2CCCO2)c1. The van der Waals surface area contributed by atoms with Crippen LogP contribution in [0.3, 0.4) is 0 Å². The number of aldehydes is 1. The van der Waals surface area contributed by atoms with Gasteiger partial charge in [0, 0.05) is 18.2 Å². The minimum absolute atomic E-state index is 0.118. The Bertz CT molecular complexity index is 482. The summed E-state index contributed by atoms with van der Waals surface area (Å²) in [5.41, 5.74) is 0.248. The van der Waals surface area contributed by atoms with Crippen molar-refractivity contribution < 1.29 is 19.2 Å². The number of ether oxygens (including phenoxy) is 2. The van der Waals surface area contributed by atoms with Crippen molar-refractivity contribution in [1.29, 1.82) is 0 Å². The Morgan fingerprint density at radius 2 is 2.35 bits per heavy atom. The fourth-order valence-electron chi connectivity index (χ4n) is 2.24. The van der Waals surface area contributed by atoms with Gasteiger partial charge in [-0.05, 0) is 37.8 Å². The van der Waals surface area contributed by atoms with Crippen molar-refractivity contribution >= 4 is 12.0 Å². The molecule has 1 heterocycles. The van der Waals surface area contributed by atoms with Crippen molar-refractivity contribution in [3.8, 4) is 5.75 Å². The Hall–Kier alpha value is -1.95. The smallest absolute Gasteiger partial charge is 0.310 e. The number of carbonyl (C=O) groups is 1. The Balaban J connectivity index is 1.89. The summed E-state index contributed by atoms with van der Waals surface area (Å²) in [5, 5.41) is 10.9. The fourth-order valence-corrected chi connectivity index (χ4v) is 2.24. The molecule has 1 saturated heterocycles. The standard InChI is InChI=1S/C14H17NO5/c16-10-11-5-6-13(15(17)18)14(9-11)20-8-2-4-12-3-1-7-19-12/h5-6,9-10,12H,1-4,7-8H2. The maximum Gasteiger partial charge on any atom is 0.310 e. The van der Waals surface area contributed by atoms with Gasteiger partial charge in [0.1, 0.15) is 6.29 Å². The van der Waals surface area contributed by atoms with E-state index in [4.69, 9.17) is 9.47 Å². The van der Waals surface area contributed by atoms with Gasteiger partial charge < -0.3 is 9.47 Å². The number of carbonyl (C=O) groups excluding carboxylic acids is 1. The Morgan fingerprint density at radius 3 is 3.00 bits per heavy atom. The first-order chi connectivity index (χ1) is 9.70. The summed E-state index contributed by atoms with van der Waals surface area (Å²) in [6.07, 6.45) is 4.76. The van der Waals surface area contributed by atoms with E-state index in [1.54, 1.807) is 0 Å². The van der Waals surface area contributed by atoms with Gasteiger partial charge in [-0.1, -0.05) is 0 Å². The molecule has 1 atom stereocenters. The monoisotopic (exact) mass is 279 g/mol. The highest BCUT2D eigenvalue weighted by Crippen LogP contribution is 2.28. The molecular weight excluding hydrogens is 262 g/mol. The number of nitro benzene ring substituents is 1. The second-order valence-corrected chi connectivity index (χ2v) is 4.73. The van der Waals surface area contributed by atoms with Gasteiger partial charge in [-0.3, -0.25) is 14.9 Å². The minimum Gasteiger partial charge on any atom is -0.487 e. The average Bonchev–Trinajstić information content (AvgIpc) is 2.96. The molecule has 0 spiro atoms. The number of benzene rings is 1. The van der Waals surface area contributed by atoms with Crippen LogP contribution in [0.25, 0.3) is 0 Å². The molecule has 0 saturated carbocycles. The van der Waals surface area contributed by atoms with E-state index in [9.17, 15) is 14.9 Å². The van der Waals surface area contributed by atoms with Crippen molar-refractivity contribution in [1.82, 2.24) is 0 Å². The number of hydrogen-bond donors (Lipinski definition) is 0. The molecule has 0 aliphatic carbocycles. The van der Waals surface area contributed by atoms with Crippen LogP contribution in [0.4, 0.5) is 5.69 Å². The first kappa shape index (κ1) is 14.5. The van der Waals surface area contributed by atoms with Crippen LogP contribution < -0.4 is 4.74 Å². The summed E-state index contributed by atoms with van der Waals surface area (Å²) in [6.45, 7) is 1.20. The third kappa shape index (κ3) is 3.77. The van der Waals surface area contributed by atoms with Crippen molar-refractivity contribution in [3.63, 3.8) is 0 Å². The van der Waals surface area contributed by atoms with Gasteiger partial charge in [-0.15, -0.1) is 0 Å². The number of nitro groups is 1. The lowest BCUT2D eigenvalue weighted by molar-refractivity contribution is -0.385. The van der Waals surface area contributed by atoms with Crippen LogP contribution in [0, 0.1) is 10.1 Å². The molecule has 0 amide bonds. The highest BCUT2D eigenvalue weighted by Gasteiger charge is 2.17. The molecule has 1 unspecified atom stereocenters. The molecule has 1 aliphatic rings. The lowest BCUT2D eigenvalue weighted by Gasteiger charge is -2.10. The first-order valence-electron chi connectivity index (χ1n) is 6.68. The van der Waals surface area contributed by atoms with Gasteiger partial charge >= 0.3 is 5.69 Å². The number of rotatable bonds is 7. The third-order valence-electron chi connectivity index (χ3n) is 3.27. The van der Waals surface area contributed by atoms with Crippen molar-refractivity contribution in [2.75, 3.05) is 13.2 Å². The zero-order valence-electron chi connectivity index (χ0n) is 11.1. The zero-order chi connectivity index (χ0) is 14.4. The predicted octanol–water partition coefficient (Wildman–Crippen LogP) is 2.75. The van der Waals surface area contributed by atoms with Crippen LogP contribution >= 0.6 is 0 Å². The first-order valence-corrected chi connectivity index (χ1v) is 6.68. The van der Waals surface area contributed by atoms with E-state index in [1.807, 2.05) is 0 Å². The molecule has 0 aromatic heterocycles. The normalized spacial score (nSPS) is 17.9. The maximum absolute atomic E-state index is 10.9. The van der Waals surface area contributed by atoms with E-state index in [0.29, 0.717) is 18.5 Å². The van der Waals surface area contributed by atoms with E-state index in [0.717, 1.165) is 32.3 Å². The highest BCUT2D eigenvalue weighted by molar-refractivity contribution is 5.76. The van der Waals surface area contributed by atoms with Crippen LogP contribution in [-0.2, 0) is 4.74 Å². The van der Waals surface area contributed by atoms with Gasteiger partial charge in [-0.25, -0.2) is 0 Å². The molecule has 1 aromatic rings. The van der Waals surface area contributed by atoms with Gasteiger partial charge in [0.15, 0.2) is 5.75 Å². The van der Waals surface area contributed by atoms with E-state index in [2.05, 4.69) is 0 Å². The number of nitrogens with zero attached hydrogens (tertiary/aromatic N) is 1. The Morgan fingerprint density at radius 1 is 1.50 bits per heavy atom. The summed E-state index contributed by atoms with van der Waals surface area (Å²) in [4.78, 5) is 21.1. The molecule has 1 fully saturated rings. The van der Waals surface area contributed by atoms with Crippen LogP contribution in [0.1, 0.15) is 36.0 Å². The van der Waals surface area contributed by atoms with Crippen LogP contribution in [0.15, 0.2) is 18.2 Å². The molecule has 6 nitrogen and oxygen atoms in total. The molecular formula is C14H17NO5. The minimum atomic E-state index is -0.510. The van der Waals surface area contributed by atoms with Crippen molar-refractivity contribution in [2.24, 2.45) is 0 Å². The van der Waals surface area contributed by atoms with Gasteiger partial charge in [-0.2, -0.15) is 0 Å². The van der Waals surface area contributed by atoms with Crippen molar-refractivity contribution in [3.05, 3.63) is 33.9 Å². The third-order valence-corrected chi connectivity index (χ3v) is 3.27. The Labute approximate surface area is 116 Å². The maximum atomic E-state index is 10.9. The largest absolute Gasteiger partial charge is 0.487 e. The highest BCUT2D eigenvalue weighted by atomic mass is 16.6. The summed E-state index contributed by atoms with van der Waals surface area (Å²) < 4.78 is 10.9. The molecule has 6 heteroatoms. The molecule has 1 aliphatic heterocycles. The van der Waals surface area contributed by atoms with E-state index < -0.39 is 4.92 Å². The second kappa shape index (κ2) is 7.00. The van der Waals surface area contributed by atoms with Crippen molar-refractivity contribution in [2.45, 2.75) is 31.8 Å². The van der Waals surface area contributed by atoms with Gasteiger partial charge in [0.25, 0.3) is 0 Å². The van der Waals surface area contributed by atoms with Crippen LogP contribution in [0.5, 0.6) is 5.75 Å². The summed E-state index contributed by atoms with van der Waals surface area (Å²) in [7, 11) is 0. The quantitative estimate of drug-likeness (QED) is 0.332. The lowest BCUT2D eigenvalue weighted by atomic mass is 10.1. The molecule has 1 aromatic carbocycles. The summed E-state index contributed by atoms with van der Waals surface area (Å²) in [6, 6.07) is 4.10. The number of hydrogen-bond acceptors (Lipinski definition) is 5. The molecule has 0 radical (unpaired) electrons. The molecule has 0 N–H and O–H groups in total. The molecule has 0 bridgehead atoms. The molecule has 2 rings (SSSR count). The topological polar surface area (TPSA) is 78.7 Å². The van der Waals surface area contributed by atoms with Gasteiger partial charge in [0.2, 0.25) is 0 Å². The fraction of sp³-hybridized carbons (Fsp3) is 0.500. The average molecular weight is 279 g/mol. The summed E-state index contributed by atoms with van der Waals surface area (Å²) in [5.74, 6) is 0.145. The zero-order valence-corrected chi connectivity index (χ0v) is 11.1. The predicted molar refractivity (Wildman–Crippen MR) is 72.2 cm³/mol. The Kier molecular flexibility index (Phi) is 5.06. The van der Waals surface area contributed by atoms with Crippen LogP contribution in [0.2, 0.25) is 0 Å². The molecule has 108 valence electrons. The second-order valence-electron chi connectivity index (χ2n) is 4.73. The van der Waals surface area contributed by atoms with E-state index in [1.165, 1.54) is 18.2 Å². The van der Waals surface area contributed by atoms with Gasteiger partial charge in [0.05, 0.1) is 17.6 Å². The van der Waals surface area contributed by atoms with Crippen LogP contribution in [-0.4, -0.2) is 30.5 Å².